The monoisotopic (exact) mass is 828 g/mol. The highest BCUT2D eigenvalue weighted by molar-refractivity contribution is 7.25. The van der Waals surface area contributed by atoms with E-state index < -0.39 is 0 Å². The molecule has 12 rings (SSSR count). The number of para-hydroxylation sites is 1. The zero-order chi connectivity index (χ0) is 42.5. The second-order valence-electron chi connectivity index (χ2n) is 17.3. The van der Waals surface area contributed by atoms with Gasteiger partial charge in [-0.2, -0.15) is 0 Å². The number of nitrogens with zero attached hydrogens (tertiary/aromatic N) is 2. The van der Waals surface area contributed by atoms with E-state index in [1.54, 1.807) is 0 Å². The van der Waals surface area contributed by atoms with Crippen molar-refractivity contribution in [3.8, 4) is 45.1 Å². The van der Waals surface area contributed by atoms with Crippen molar-refractivity contribution >= 4 is 75.1 Å². The molecule has 302 valence electrons. The van der Waals surface area contributed by atoms with Crippen LogP contribution in [0.4, 0.5) is 0 Å². The second kappa shape index (κ2) is 14.3. The second-order valence-corrected chi connectivity index (χ2v) is 18.4. The lowest BCUT2D eigenvalue weighted by atomic mass is 9.93. The Hall–Kier alpha value is -7.40. The van der Waals surface area contributed by atoms with Crippen LogP contribution in [0.1, 0.15) is 27.8 Å². The Morgan fingerprint density at radius 2 is 0.921 bits per heavy atom. The number of rotatable bonds is 6. The minimum absolute atomic E-state index is 0.801. The van der Waals surface area contributed by atoms with Crippen LogP contribution in [0.5, 0.6) is 11.5 Å². The summed E-state index contributed by atoms with van der Waals surface area (Å²) < 4.78 is 14.3. The van der Waals surface area contributed by atoms with Crippen molar-refractivity contribution in [2.45, 2.75) is 34.6 Å². The van der Waals surface area contributed by atoms with Crippen molar-refractivity contribution in [1.29, 1.82) is 0 Å². The van der Waals surface area contributed by atoms with Gasteiger partial charge in [0.05, 0.1) is 22.1 Å². The molecule has 0 saturated heterocycles. The molecular weight excluding hydrogens is 785 g/mol. The van der Waals surface area contributed by atoms with Crippen LogP contribution in [-0.2, 0) is 0 Å². The molecule has 3 nitrogen and oxygen atoms in total. The Kier molecular flexibility index (Phi) is 8.50. The highest BCUT2D eigenvalue weighted by Crippen LogP contribution is 2.42. The molecule has 12 aromatic rings. The van der Waals surface area contributed by atoms with Gasteiger partial charge in [0.2, 0.25) is 0 Å². The highest BCUT2D eigenvalue weighted by atomic mass is 32.1. The van der Waals surface area contributed by atoms with Gasteiger partial charge in [-0.15, -0.1) is 11.3 Å². The smallest absolute Gasteiger partial charge is 0.128 e. The molecule has 3 heterocycles. The summed E-state index contributed by atoms with van der Waals surface area (Å²) in [5.41, 5.74) is 18.3. The summed E-state index contributed by atoms with van der Waals surface area (Å²) in [5.74, 6) is 1.60. The molecule has 0 aliphatic carbocycles. The molecule has 0 saturated carbocycles. The van der Waals surface area contributed by atoms with E-state index in [1.807, 2.05) is 11.3 Å². The standard InChI is InChI=1S/C59H44N2OS/c1-35-15-21-46(37(3)27-35)40-16-22-54-48(30-40)50-33-45(20-25-56(50)61(54)43-18-26-58-52(32-43)47-13-9-10-14-57(47)63-58)62-44-19-24-55-51(34-44)49-31-41(59-38(4)28-36(2)29-39(59)5)17-23-53(49)60(55)42-11-7-6-8-12-42/h6-34H,1-5H3. The first-order valence-corrected chi connectivity index (χ1v) is 22.5. The van der Waals surface area contributed by atoms with E-state index in [9.17, 15) is 0 Å². The van der Waals surface area contributed by atoms with Gasteiger partial charge in [-0.3, -0.25) is 0 Å². The van der Waals surface area contributed by atoms with Gasteiger partial charge >= 0.3 is 0 Å². The first kappa shape index (κ1) is 37.4. The van der Waals surface area contributed by atoms with Gasteiger partial charge in [-0.25, -0.2) is 0 Å². The highest BCUT2D eigenvalue weighted by Gasteiger charge is 2.19. The number of benzene rings is 9. The number of hydrogen-bond acceptors (Lipinski definition) is 2. The molecule has 3 aromatic heterocycles. The minimum Gasteiger partial charge on any atom is -0.457 e. The molecule has 0 aliphatic heterocycles. The van der Waals surface area contributed by atoms with E-state index in [0.29, 0.717) is 0 Å². The summed E-state index contributed by atoms with van der Waals surface area (Å²) >= 11 is 1.85. The van der Waals surface area contributed by atoms with Crippen molar-refractivity contribution < 1.29 is 4.74 Å². The zero-order valence-corrected chi connectivity index (χ0v) is 36.8. The topological polar surface area (TPSA) is 19.1 Å². The molecule has 0 bridgehead atoms. The van der Waals surface area contributed by atoms with Crippen LogP contribution in [0, 0.1) is 34.6 Å². The minimum atomic E-state index is 0.801. The Morgan fingerprint density at radius 1 is 0.365 bits per heavy atom. The summed E-state index contributed by atoms with van der Waals surface area (Å²) in [4.78, 5) is 0. The Balaban J connectivity index is 1.02. The van der Waals surface area contributed by atoms with Gasteiger partial charge in [-0.1, -0.05) is 90.0 Å². The van der Waals surface area contributed by atoms with Crippen LogP contribution in [-0.4, -0.2) is 9.13 Å². The van der Waals surface area contributed by atoms with Crippen molar-refractivity contribution in [2.24, 2.45) is 0 Å². The van der Waals surface area contributed by atoms with Gasteiger partial charge in [0.1, 0.15) is 11.5 Å². The summed E-state index contributed by atoms with van der Waals surface area (Å²) in [6.07, 6.45) is 0. The number of hydrogen-bond donors (Lipinski definition) is 0. The Bertz CT molecular complexity index is 3800. The molecule has 0 amide bonds. The number of aryl methyl sites for hydroxylation is 5. The van der Waals surface area contributed by atoms with Crippen LogP contribution in [0.3, 0.4) is 0 Å². The summed E-state index contributed by atoms with van der Waals surface area (Å²) in [7, 11) is 0. The molecule has 0 radical (unpaired) electrons. The molecule has 63 heavy (non-hydrogen) atoms. The summed E-state index contributed by atoms with van der Waals surface area (Å²) in [6.45, 7) is 11.0. The fourth-order valence-corrected chi connectivity index (χ4v) is 11.4. The van der Waals surface area contributed by atoms with Gasteiger partial charge in [0.15, 0.2) is 0 Å². The predicted octanol–water partition coefficient (Wildman–Crippen LogP) is 16.9. The van der Waals surface area contributed by atoms with Crippen LogP contribution in [0.25, 0.3) is 97.4 Å². The third-order valence-electron chi connectivity index (χ3n) is 13.0. The lowest BCUT2D eigenvalue weighted by Gasteiger charge is -2.12. The maximum Gasteiger partial charge on any atom is 0.128 e. The molecule has 9 aromatic carbocycles. The van der Waals surface area contributed by atoms with Gasteiger partial charge in [0.25, 0.3) is 0 Å². The first-order chi connectivity index (χ1) is 30.8. The lowest BCUT2D eigenvalue weighted by molar-refractivity contribution is 0.484. The Morgan fingerprint density at radius 3 is 1.60 bits per heavy atom. The van der Waals surface area contributed by atoms with E-state index in [0.717, 1.165) is 44.7 Å². The van der Waals surface area contributed by atoms with E-state index in [4.69, 9.17) is 4.74 Å². The molecule has 0 N–H and O–H groups in total. The third kappa shape index (κ3) is 6.08. The number of thiophene rings is 1. The number of aromatic nitrogens is 2. The average Bonchev–Trinajstić information content (AvgIpc) is 3.93. The number of ether oxygens (including phenoxy) is 1. The predicted molar refractivity (Wildman–Crippen MR) is 269 cm³/mol. The fraction of sp³-hybridized carbons (Fsp3) is 0.0847. The van der Waals surface area contributed by atoms with Crippen LogP contribution in [0.2, 0.25) is 0 Å². The van der Waals surface area contributed by atoms with Crippen LogP contribution >= 0.6 is 11.3 Å². The average molecular weight is 829 g/mol. The third-order valence-corrected chi connectivity index (χ3v) is 14.2. The van der Waals surface area contributed by atoms with Crippen LogP contribution in [0.15, 0.2) is 176 Å². The van der Waals surface area contributed by atoms with E-state index in [1.165, 1.54) is 92.0 Å². The molecule has 0 aliphatic rings. The van der Waals surface area contributed by atoms with Crippen molar-refractivity contribution in [3.05, 3.63) is 204 Å². The number of fused-ring (bicyclic) bond motifs is 9. The molecule has 0 atom stereocenters. The largest absolute Gasteiger partial charge is 0.457 e. The summed E-state index contributed by atoms with van der Waals surface area (Å²) in [6, 6.07) is 64.6. The summed E-state index contributed by atoms with van der Waals surface area (Å²) in [5, 5.41) is 7.29. The normalized spacial score (nSPS) is 11.9. The Labute approximate surface area is 370 Å². The SMILES string of the molecule is Cc1ccc(-c2ccc3c(c2)c2cc(Oc4ccc5c(c4)c4cc(-c6c(C)cc(C)cc6C)ccc4n5-c4ccccc4)ccc2n3-c2ccc3sc4ccccc4c3c2)c(C)c1. The zero-order valence-electron chi connectivity index (χ0n) is 36.0. The molecule has 0 unspecified atom stereocenters. The maximum absolute atomic E-state index is 6.91. The maximum atomic E-state index is 6.91. The van der Waals surface area contributed by atoms with Gasteiger partial charge < -0.3 is 13.9 Å². The molecule has 4 heteroatoms. The van der Waals surface area contributed by atoms with E-state index in [2.05, 4.69) is 220 Å². The molecule has 0 spiro atoms. The fourth-order valence-electron chi connectivity index (χ4n) is 10.4. The lowest BCUT2D eigenvalue weighted by Crippen LogP contribution is -1.94. The van der Waals surface area contributed by atoms with Crippen molar-refractivity contribution in [3.63, 3.8) is 0 Å². The quantitative estimate of drug-likeness (QED) is 0.163. The van der Waals surface area contributed by atoms with Crippen molar-refractivity contribution in [2.75, 3.05) is 0 Å². The molecule has 0 fully saturated rings. The van der Waals surface area contributed by atoms with Crippen LogP contribution < -0.4 is 4.74 Å². The van der Waals surface area contributed by atoms with E-state index >= 15 is 0 Å². The molecular formula is C59H44N2OS. The van der Waals surface area contributed by atoms with Crippen molar-refractivity contribution in [1.82, 2.24) is 9.13 Å². The van der Waals surface area contributed by atoms with Gasteiger partial charge in [-0.05, 0) is 171 Å². The first-order valence-electron chi connectivity index (χ1n) is 21.7. The van der Waals surface area contributed by atoms with Gasteiger partial charge in [0, 0.05) is 53.1 Å². The van der Waals surface area contributed by atoms with E-state index in [-0.39, 0.29) is 0 Å².